The van der Waals surface area contributed by atoms with Gasteiger partial charge in [0.05, 0.1) is 0 Å². The quantitative estimate of drug-likeness (QED) is 0.126. The average Bonchev–Trinajstić information content (AvgIpc) is 2.44. The van der Waals surface area contributed by atoms with Crippen LogP contribution in [0.15, 0.2) is 0 Å². The molecule has 0 bridgehead atoms. The minimum absolute atomic E-state index is 0.183. The van der Waals surface area contributed by atoms with Crippen LogP contribution in [0.1, 0.15) is 52.4 Å². The lowest BCUT2D eigenvalue weighted by atomic mass is 9.80. The average molecular weight is 522 g/mol. The van der Waals surface area contributed by atoms with Crippen LogP contribution in [0.4, 0.5) is 48.3 Å². The number of alkyl halides is 12. The van der Waals surface area contributed by atoms with Crippen LogP contribution >= 0.6 is 22.6 Å². The predicted molar refractivity (Wildman–Crippen MR) is 81.6 cm³/mol. The molecule has 158 valence electrons. The van der Waals surface area contributed by atoms with E-state index in [-0.39, 0.29) is 19.3 Å². The van der Waals surface area contributed by atoms with Gasteiger partial charge >= 0.3 is 24.2 Å². The maximum absolute atomic E-state index is 14.4. The molecule has 0 aliphatic rings. The summed E-state index contributed by atoms with van der Waals surface area (Å²) in [4.78, 5) is 0. The highest BCUT2D eigenvalue weighted by molar-refractivity contribution is 14.1. The van der Waals surface area contributed by atoms with E-state index in [1.54, 1.807) is 6.92 Å². The summed E-state index contributed by atoms with van der Waals surface area (Å²) >= 11 is 1.23. The molecule has 0 aliphatic carbocycles. The van der Waals surface area contributed by atoms with E-state index in [9.17, 15) is 48.3 Å². The van der Waals surface area contributed by atoms with E-state index in [1.807, 2.05) is 0 Å². The molecular formula is C14H18F11I. The molecule has 0 aromatic heterocycles. The molecule has 12 heteroatoms. The summed E-state index contributed by atoms with van der Waals surface area (Å²) in [7, 11) is 0. The minimum Gasteiger partial charge on any atom is -0.227 e. The maximum atomic E-state index is 14.4. The number of hydrogen-bond donors (Lipinski definition) is 0. The zero-order valence-corrected chi connectivity index (χ0v) is 15.9. The monoisotopic (exact) mass is 522 g/mol. The van der Waals surface area contributed by atoms with E-state index in [2.05, 4.69) is 0 Å². The summed E-state index contributed by atoms with van der Waals surface area (Å²) < 4.78 is 142. The topological polar surface area (TPSA) is 0 Å². The molecule has 2 atom stereocenters. The molecule has 26 heavy (non-hydrogen) atoms. The summed E-state index contributed by atoms with van der Waals surface area (Å²) in [5.74, 6) is -14.2. The van der Waals surface area contributed by atoms with Crippen LogP contribution in [0.3, 0.4) is 0 Å². The Morgan fingerprint density at radius 1 is 0.654 bits per heavy atom. The second-order valence-corrected chi connectivity index (χ2v) is 8.37. The highest BCUT2D eigenvalue weighted by Gasteiger charge is 2.86. The second kappa shape index (κ2) is 8.14. The molecule has 0 N–H and O–H groups in total. The van der Waals surface area contributed by atoms with Crippen molar-refractivity contribution in [1.82, 2.24) is 0 Å². The Kier molecular flexibility index (Phi) is 8.13. The van der Waals surface area contributed by atoms with Gasteiger partial charge in [0.15, 0.2) is 0 Å². The molecule has 0 aromatic rings. The van der Waals surface area contributed by atoms with Gasteiger partial charge in [-0.3, -0.25) is 0 Å². The highest BCUT2D eigenvalue weighted by Crippen LogP contribution is 2.60. The maximum Gasteiger partial charge on any atom is 0.460 e. The van der Waals surface area contributed by atoms with E-state index in [0.717, 1.165) is 0 Å². The Morgan fingerprint density at radius 2 is 1.12 bits per heavy atom. The zero-order valence-electron chi connectivity index (χ0n) is 13.8. The first kappa shape index (κ1) is 26.0. The fraction of sp³-hybridized carbons (Fsp3) is 1.00. The van der Waals surface area contributed by atoms with Gasteiger partial charge in [-0.1, -0.05) is 55.7 Å². The summed E-state index contributed by atoms with van der Waals surface area (Å²) in [6.07, 6.45) is -15.3. The molecular weight excluding hydrogens is 504 g/mol. The Labute approximate surface area is 157 Å². The van der Waals surface area contributed by atoms with Gasteiger partial charge in [-0.25, -0.2) is 4.39 Å². The summed E-state index contributed by atoms with van der Waals surface area (Å²) in [5, 5.41) is 0. The van der Waals surface area contributed by atoms with Crippen LogP contribution in [0, 0.1) is 0 Å². The van der Waals surface area contributed by atoms with E-state index < -0.39 is 39.7 Å². The number of hydrogen-bond acceptors (Lipinski definition) is 0. The van der Waals surface area contributed by atoms with Gasteiger partial charge in [0.1, 0.15) is 0 Å². The lowest BCUT2D eigenvalue weighted by Gasteiger charge is -2.43. The summed E-state index contributed by atoms with van der Waals surface area (Å²) in [5.41, 5.74) is -6.05. The van der Waals surface area contributed by atoms with Crippen molar-refractivity contribution in [3.63, 3.8) is 0 Å². The molecule has 0 nitrogen and oxygen atoms in total. The van der Waals surface area contributed by atoms with Crippen LogP contribution in [0.2, 0.25) is 0 Å². The van der Waals surface area contributed by atoms with E-state index in [1.165, 1.54) is 29.5 Å². The molecule has 0 rings (SSSR count). The summed E-state index contributed by atoms with van der Waals surface area (Å²) in [6, 6.07) is 0. The van der Waals surface area contributed by atoms with Crippen molar-refractivity contribution in [2.75, 3.05) is 0 Å². The lowest BCUT2D eigenvalue weighted by Crippen LogP contribution is -2.68. The van der Waals surface area contributed by atoms with Crippen LogP contribution in [-0.2, 0) is 0 Å². The van der Waals surface area contributed by atoms with Crippen molar-refractivity contribution < 1.29 is 48.3 Å². The van der Waals surface area contributed by atoms with Gasteiger partial charge in [0, 0.05) is 9.84 Å². The van der Waals surface area contributed by atoms with Crippen LogP contribution in [0.5, 0.6) is 0 Å². The molecule has 0 saturated heterocycles. The molecule has 0 aromatic carbocycles. The molecule has 2 unspecified atom stereocenters. The van der Waals surface area contributed by atoms with Crippen molar-refractivity contribution in [2.45, 2.75) is 85.7 Å². The lowest BCUT2D eigenvalue weighted by molar-refractivity contribution is -0.413. The van der Waals surface area contributed by atoms with Crippen molar-refractivity contribution in [3.8, 4) is 0 Å². The van der Waals surface area contributed by atoms with E-state index in [0.29, 0.717) is 12.8 Å². The minimum atomic E-state index is -7.20. The summed E-state index contributed by atoms with van der Waals surface area (Å²) in [6.45, 7) is 2.93. The normalized spacial score (nSPS) is 19.2. The van der Waals surface area contributed by atoms with Crippen molar-refractivity contribution in [2.24, 2.45) is 0 Å². The zero-order chi connectivity index (χ0) is 21.2. The van der Waals surface area contributed by atoms with Gasteiger partial charge in [-0.2, -0.15) is 43.9 Å². The highest BCUT2D eigenvalue weighted by atomic mass is 127. The van der Waals surface area contributed by atoms with E-state index in [4.69, 9.17) is 0 Å². The third-order valence-electron chi connectivity index (χ3n) is 4.12. The van der Waals surface area contributed by atoms with Crippen molar-refractivity contribution >= 4 is 22.6 Å². The smallest absolute Gasteiger partial charge is 0.227 e. The Bertz CT molecular complexity index is 457. The first-order chi connectivity index (χ1) is 11.3. The largest absolute Gasteiger partial charge is 0.460 e. The molecule has 0 fully saturated rings. The molecule has 0 heterocycles. The SMILES string of the molecule is CCCCCC(I)(CC)CC(F)(C(F)(F)F)C(F)(F)C(F)(F)C(F)(F)F. The molecule has 0 spiro atoms. The Hall–Kier alpha value is -0.0400. The van der Waals surface area contributed by atoms with E-state index >= 15 is 0 Å². The third kappa shape index (κ3) is 4.86. The van der Waals surface area contributed by atoms with Gasteiger partial charge < -0.3 is 0 Å². The fourth-order valence-electron chi connectivity index (χ4n) is 2.33. The van der Waals surface area contributed by atoms with Gasteiger partial charge in [-0.15, -0.1) is 0 Å². The fourth-order valence-corrected chi connectivity index (χ4v) is 3.24. The van der Waals surface area contributed by atoms with Crippen LogP contribution in [0.25, 0.3) is 0 Å². The molecule has 0 aliphatic heterocycles. The van der Waals surface area contributed by atoms with Crippen LogP contribution in [-0.4, -0.2) is 33.3 Å². The second-order valence-electron chi connectivity index (χ2n) is 6.08. The van der Waals surface area contributed by atoms with Gasteiger partial charge in [-0.05, 0) is 12.8 Å². The Morgan fingerprint density at radius 3 is 1.42 bits per heavy atom. The first-order valence-electron chi connectivity index (χ1n) is 7.60. The number of halogens is 12. The van der Waals surface area contributed by atoms with Gasteiger partial charge in [0.25, 0.3) is 5.67 Å². The van der Waals surface area contributed by atoms with Gasteiger partial charge in [0.2, 0.25) is 0 Å². The first-order valence-corrected chi connectivity index (χ1v) is 8.67. The Balaban J connectivity index is 6.15. The number of rotatable bonds is 9. The molecule has 0 radical (unpaired) electrons. The van der Waals surface area contributed by atoms with Crippen LogP contribution < -0.4 is 0 Å². The van der Waals surface area contributed by atoms with Crippen molar-refractivity contribution in [3.05, 3.63) is 0 Å². The van der Waals surface area contributed by atoms with Crippen molar-refractivity contribution in [1.29, 1.82) is 0 Å². The standard InChI is InChI=1S/C14H18F11I/c1-3-5-6-7-9(26,4-2)8-10(15,13(20,21)22)11(16,17)12(18,19)14(23,24)25/h3-8H2,1-2H3. The predicted octanol–water partition coefficient (Wildman–Crippen LogP) is 7.64. The molecule has 0 amide bonds. The third-order valence-corrected chi connectivity index (χ3v) is 5.80. The molecule has 0 saturated carbocycles. The number of unbranched alkanes of at least 4 members (excludes halogenated alkanes) is 2.